The van der Waals surface area contributed by atoms with Crippen molar-refractivity contribution in [2.24, 2.45) is 0 Å². The Morgan fingerprint density at radius 2 is 2.07 bits per heavy atom. The minimum Gasteiger partial charge on any atom is -0.479 e. The lowest BCUT2D eigenvalue weighted by Gasteiger charge is -2.05. The number of aliphatic carboxylic acids is 1. The second-order valence-corrected chi connectivity index (χ2v) is 3.83. The van der Waals surface area contributed by atoms with Crippen molar-refractivity contribution in [2.75, 3.05) is 6.61 Å². The molecule has 2 rings (SSSR count). The van der Waals surface area contributed by atoms with Crippen LogP contribution in [0.5, 0.6) is 0 Å². The van der Waals surface area contributed by atoms with Gasteiger partial charge in [-0.1, -0.05) is 23.7 Å². The number of ether oxygens (including phenoxy) is 1. The quantitative estimate of drug-likeness (QED) is 0.777. The molecule has 1 aliphatic heterocycles. The first kappa shape index (κ1) is 9.49. The first-order valence-corrected chi connectivity index (χ1v) is 4.62. The van der Waals surface area contributed by atoms with Crippen molar-refractivity contribution in [2.45, 2.75) is 12.0 Å². The second-order valence-electron chi connectivity index (χ2n) is 3.39. The second kappa shape index (κ2) is 3.26. The normalized spacial score (nSPS) is 24.6. The van der Waals surface area contributed by atoms with Crippen LogP contribution in [0.4, 0.5) is 0 Å². The van der Waals surface area contributed by atoms with E-state index in [0.717, 1.165) is 5.56 Å². The maximum absolute atomic E-state index is 10.8. The molecule has 0 radical (unpaired) electrons. The summed E-state index contributed by atoms with van der Waals surface area (Å²) in [5.41, 5.74) is -0.0531. The molecule has 0 spiro atoms. The highest BCUT2D eigenvalue weighted by molar-refractivity contribution is 6.30. The molecular weight excluding hydrogens is 204 g/mol. The molecule has 1 fully saturated rings. The maximum Gasteiger partial charge on any atom is 0.338 e. The van der Waals surface area contributed by atoms with Crippen molar-refractivity contribution in [1.82, 2.24) is 0 Å². The van der Waals surface area contributed by atoms with E-state index in [1.807, 2.05) is 12.1 Å². The van der Waals surface area contributed by atoms with E-state index in [2.05, 4.69) is 0 Å². The Labute approximate surface area is 86.3 Å². The van der Waals surface area contributed by atoms with Crippen molar-refractivity contribution in [3.8, 4) is 0 Å². The van der Waals surface area contributed by atoms with E-state index in [4.69, 9.17) is 21.4 Å². The lowest BCUT2D eigenvalue weighted by Crippen LogP contribution is -2.26. The molecule has 0 bridgehead atoms. The Bertz CT molecular complexity index is 354. The summed E-state index contributed by atoms with van der Waals surface area (Å²) in [5, 5.41) is 9.52. The van der Waals surface area contributed by atoms with Crippen LogP contribution in [0.2, 0.25) is 5.02 Å². The van der Waals surface area contributed by atoms with Crippen LogP contribution in [-0.4, -0.2) is 23.3 Å². The highest BCUT2D eigenvalue weighted by Gasteiger charge is 2.52. The van der Waals surface area contributed by atoms with Gasteiger partial charge in [0.05, 0.1) is 6.61 Å². The Morgan fingerprint density at radius 3 is 2.50 bits per heavy atom. The molecule has 0 aromatic heterocycles. The van der Waals surface area contributed by atoms with Crippen molar-refractivity contribution in [1.29, 1.82) is 0 Å². The Morgan fingerprint density at radius 1 is 1.50 bits per heavy atom. The average molecular weight is 213 g/mol. The molecule has 1 saturated heterocycles. The molecule has 1 aromatic rings. The van der Waals surface area contributed by atoms with Gasteiger partial charge in [-0.3, -0.25) is 0 Å². The topological polar surface area (TPSA) is 49.8 Å². The standard InChI is InChI=1S/C10H9ClO3/c11-8-3-1-7(2-4-8)5-10(6-14-10)9(12)13/h1-4H,5-6H2,(H,12,13). The van der Waals surface area contributed by atoms with Gasteiger partial charge in [-0.2, -0.15) is 0 Å². The van der Waals surface area contributed by atoms with E-state index in [0.29, 0.717) is 18.1 Å². The number of hydrogen-bond acceptors (Lipinski definition) is 2. The summed E-state index contributed by atoms with van der Waals surface area (Å²) in [5.74, 6) is -0.896. The number of carboxylic acid groups (broad SMARTS) is 1. The van der Waals surface area contributed by atoms with Crippen LogP contribution in [0.15, 0.2) is 24.3 Å². The first-order valence-electron chi connectivity index (χ1n) is 4.24. The first-order chi connectivity index (χ1) is 6.62. The van der Waals surface area contributed by atoms with Crippen LogP contribution >= 0.6 is 11.6 Å². The van der Waals surface area contributed by atoms with E-state index in [9.17, 15) is 4.79 Å². The zero-order valence-corrected chi connectivity index (χ0v) is 8.12. The van der Waals surface area contributed by atoms with Crippen LogP contribution in [0.3, 0.4) is 0 Å². The molecule has 1 atom stereocenters. The minimum absolute atomic E-state index is 0.297. The zero-order valence-electron chi connectivity index (χ0n) is 7.37. The molecule has 4 heteroatoms. The third kappa shape index (κ3) is 1.74. The molecule has 0 amide bonds. The van der Waals surface area contributed by atoms with Gasteiger partial charge in [0, 0.05) is 11.4 Å². The van der Waals surface area contributed by atoms with Crippen molar-refractivity contribution in [3.63, 3.8) is 0 Å². The summed E-state index contributed by atoms with van der Waals surface area (Å²) in [4.78, 5) is 10.8. The van der Waals surface area contributed by atoms with Gasteiger partial charge in [-0.25, -0.2) is 4.79 Å². The number of epoxide rings is 1. The Balaban J connectivity index is 2.11. The average Bonchev–Trinajstić information content (AvgIpc) is 2.90. The van der Waals surface area contributed by atoms with Crippen molar-refractivity contribution >= 4 is 17.6 Å². The van der Waals surface area contributed by atoms with Gasteiger partial charge < -0.3 is 9.84 Å². The zero-order chi connectivity index (χ0) is 10.2. The van der Waals surface area contributed by atoms with Gasteiger partial charge in [0.2, 0.25) is 0 Å². The maximum atomic E-state index is 10.8. The molecule has 1 aromatic carbocycles. The number of rotatable bonds is 3. The largest absolute Gasteiger partial charge is 0.479 e. The Kier molecular flexibility index (Phi) is 2.21. The predicted molar refractivity (Wildman–Crippen MR) is 51.5 cm³/mol. The summed E-state index contributed by atoms with van der Waals surface area (Å²) < 4.78 is 4.96. The van der Waals surface area contributed by atoms with Gasteiger partial charge >= 0.3 is 5.97 Å². The van der Waals surface area contributed by atoms with Crippen LogP contribution in [0.1, 0.15) is 5.56 Å². The van der Waals surface area contributed by atoms with E-state index in [1.54, 1.807) is 12.1 Å². The fraction of sp³-hybridized carbons (Fsp3) is 0.300. The molecule has 74 valence electrons. The van der Waals surface area contributed by atoms with E-state index in [1.165, 1.54) is 0 Å². The van der Waals surface area contributed by atoms with Crippen molar-refractivity contribution < 1.29 is 14.6 Å². The molecule has 1 N–H and O–H groups in total. The summed E-state index contributed by atoms with van der Waals surface area (Å²) in [6, 6.07) is 7.12. The number of benzene rings is 1. The van der Waals surface area contributed by atoms with Crippen LogP contribution in [-0.2, 0) is 16.0 Å². The summed E-state index contributed by atoms with van der Waals surface area (Å²) in [7, 11) is 0. The monoisotopic (exact) mass is 212 g/mol. The molecule has 0 saturated carbocycles. The van der Waals surface area contributed by atoms with Crippen LogP contribution < -0.4 is 0 Å². The van der Waals surface area contributed by atoms with Gasteiger partial charge in [0.1, 0.15) is 0 Å². The molecule has 1 aliphatic rings. The molecule has 1 heterocycles. The molecule has 14 heavy (non-hydrogen) atoms. The van der Waals surface area contributed by atoms with E-state index < -0.39 is 11.6 Å². The summed E-state index contributed by atoms with van der Waals surface area (Å²) in [6.45, 7) is 0.297. The van der Waals surface area contributed by atoms with Gasteiger partial charge in [-0.05, 0) is 17.7 Å². The fourth-order valence-corrected chi connectivity index (χ4v) is 1.45. The third-order valence-corrected chi connectivity index (χ3v) is 2.54. The number of halogens is 1. The van der Waals surface area contributed by atoms with Crippen LogP contribution in [0.25, 0.3) is 0 Å². The number of carbonyl (C=O) groups is 1. The van der Waals surface area contributed by atoms with Gasteiger partial charge in [-0.15, -0.1) is 0 Å². The highest BCUT2D eigenvalue weighted by Crippen LogP contribution is 2.31. The highest BCUT2D eigenvalue weighted by atomic mass is 35.5. The van der Waals surface area contributed by atoms with Crippen molar-refractivity contribution in [3.05, 3.63) is 34.9 Å². The number of carboxylic acids is 1. The van der Waals surface area contributed by atoms with Gasteiger partial charge in [0.15, 0.2) is 5.60 Å². The molecular formula is C10H9ClO3. The fourth-order valence-electron chi connectivity index (χ4n) is 1.32. The number of hydrogen-bond donors (Lipinski definition) is 1. The lowest BCUT2D eigenvalue weighted by molar-refractivity contribution is -0.143. The molecule has 1 unspecified atom stereocenters. The minimum atomic E-state index is -0.978. The van der Waals surface area contributed by atoms with Gasteiger partial charge in [0.25, 0.3) is 0 Å². The Hall–Kier alpha value is -1.06. The molecule has 0 aliphatic carbocycles. The third-order valence-electron chi connectivity index (χ3n) is 2.29. The van der Waals surface area contributed by atoms with E-state index >= 15 is 0 Å². The molecule has 3 nitrogen and oxygen atoms in total. The van der Waals surface area contributed by atoms with Crippen LogP contribution in [0, 0.1) is 0 Å². The predicted octanol–water partition coefficient (Wildman–Crippen LogP) is 1.74. The lowest BCUT2D eigenvalue weighted by atomic mass is 10.0. The summed E-state index contributed by atoms with van der Waals surface area (Å²) in [6.07, 6.45) is 0.402. The van der Waals surface area contributed by atoms with E-state index in [-0.39, 0.29) is 0 Å². The SMILES string of the molecule is O=C(O)C1(Cc2ccc(Cl)cc2)CO1. The summed E-state index contributed by atoms with van der Waals surface area (Å²) >= 11 is 5.71. The smallest absolute Gasteiger partial charge is 0.338 e.